The maximum absolute atomic E-state index is 4.58. The van der Waals surface area contributed by atoms with Crippen LogP contribution in [0.3, 0.4) is 0 Å². The van der Waals surface area contributed by atoms with E-state index >= 15 is 0 Å². The highest BCUT2D eigenvalue weighted by molar-refractivity contribution is 5.48. The number of rotatable bonds is 5. The lowest BCUT2D eigenvalue weighted by atomic mass is 10.3. The second kappa shape index (κ2) is 4.87. The molecule has 1 aliphatic carbocycles. The Balaban J connectivity index is 1.74. The van der Waals surface area contributed by atoms with Crippen LogP contribution in [0.4, 0.5) is 11.6 Å². The molecule has 6 heteroatoms. The Morgan fingerprint density at radius 2 is 2.11 bits per heavy atom. The fourth-order valence-corrected chi connectivity index (χ4v) is 1.96. The predicted molar refractivity (Wildman–Crippen MR) is 74.1 cm³/mol. The molecule has 1 aliphatic rings. The van der Waals surface area contributed by atoms with E-state index in [2.05, 4.69) is 25.7 Å². The summed E-state index contributed by atoms with van der Waals surface area (Å²) in [6, 6.07) is 1.93. The number of aromatic nitrogens is 4. The third kappa shape index (κ3) is 2.83. The highest BCUT2D eigenvalue weighted by Gasteiger charge is 2.27. The van der Waals surface area contributed by atoms with Crippen LogP contribution < -0.4 is 10.6 Å². The van der Waals surface area contributed by atoms with E-state index in [0.717, 1.165) is 29.6 Å². The zero-order valence-corrected chi connectivity index (χ0v) is 11.2. The predicted octanol–water partition coefficient (Wildman–Crippen LogP) is 1.74. The molecule has 0 bridgehead atoms. The lowest BCUT2D eigenvalue weighted by Crippen LogP contribution is -2.06. The minimum Gasteiger partial charge on any atom is -0.373 e. The number of hydrogen-bond acceptors (Lipinski definition) is 5. The second-order valence-corrected chi connectivity index (χ2v) is 4.90. The Labute approximate surface area is 112 Å². The van der Waals surface area contributed by atoms with Gasteiger partial charge in [0.15, 0.2) is 0 Å². The molecular formula is C13H18N6. The van der Waals surface area contributed by atoms with Gasteiger partial charge in [-0.15, -0.1) is 0 Å². The topological polar surface area (TPSA) is 67.7 Å². The van der Waals surface area contributed by atoms with Gasteiger partial charge in [-0.25, -0.2) is 9.97 Å². The molecule has 6 nitrogen and oxygen atoms in total. The van der Waals surface area contributed by atoms with Crippen molar-refractivity contribution in [1.29, 1.82) is 0 Å². The fraction of sp³-hybridized carbons (Fsp3) is 0.462. The van der Waals surface area contributed by atoms with Crippen LogP contribution in [0.2, 0.25) is 0 Å². The van der Waals surface area contributed by atoms with Crippen molar-refractivity contribution in [2.45, 2.75) is 25.3 Å². The summed E-state index contributed by atoms with van der Waals surface area (Å²) in [6.07, 6.45) is 6.26. The van der Waals surface area contributed by atoms with Gasteiger partial charge in [0.1, 0.15) is 17.5 Å². The van der Waals surface area contributed by atoms with E-state index in [9.17, 15) is 0 Å². The van der Waals surface area contributed by atoms with E-state index in [0.29, 0.717) is 5.92 Å². The molecule has 2 aromatic rings. The van der Waals surface area contributed by atoms with Crippen LogP contribution in [-0.4, -0.2) is 26.8 Å². The first-order chi connectivity index (χ1) is 9.24. The van der Waals surface area contributed by atoms with Gasteiger partial charge >= 0.3 is 0 Å². The summed E-state index contributed by atoms with van der Waals surface area (Å²) in [4.78, 5) is 9.07. The monoisotopic (exact) mass is 258 g/mol. The van der Waals surface area contributed by atoms with Gasteiger partial charge in [0.25, 0.3) is 0 Å². The zero-order chi connectivity index (χ0) is 13.2. The van der Waals surface area contributed by atoms with Crippen LogP contribution in [0.15, 0.2) is 18.5 Å². The summed E-state index contributed by atoms with van der Waals surface area (Å²) in [5.74, 6) is 3.23. The van der Waals surface area contributed by atoms with Gasteiger partial charge in [-0.2, -0.15) is 5.10 Å². The zero-order valence-electron chi connectivity index (χ0n) is 11.2. The minimum absolute atomic E-state index is 0.548. The first-order valence-electron chi connectivity index (χ1n) is 6.53. The summed E-state index contributed by atoms with van der Waals surface area (Å²) in [5.41, 5.74) is 1.14. The summed E-state index contributed by atoms with van der Waals surface area (Å²) in [7, 11) is 3.79. The van der Waals surface area contributed by atoms with E-state index in [1.807, 2.05) is 32.6 Å². The Morgan fingerprint density at radius 1 is 1.32 bits per heavy atom. The lowest BCUT2D eigenvalue weighted by Gasteiger charge is -2.08. The summed E-state index contributed by atoms with van der Waals surface area (Å²) in [5, 5.41) is 10.6. The average Bonchev–Trinajstić information content (AvgIpc) is 3.19. The highest BCUT2D eigenvalue weighted by atomic mass is 15.2. The van der Waals surface area contributed by atoms with Crippen LogP contribution in [0.25, 0.3) is 0 Å². The Bertz CT molecular complexity index is 572. The summed E-state index contributed by atoms with van der Waals surface area (Å²) < 4.78 is 1.80. The standard InChI is InChI=1S/C13H18N6/c1-14-11-5-12(18-13(17-11)10-3-4-10)15-6-9-7-16-19(2)8-9/h5,7-8,10H,3-4,6H2,1-2H3,(H2,14,15,17,18). The molecule has 0 unspecified atom stereocenters. The van der Waals surface area contributed by atoms with Crippen molar-refractivity contribution in [2.24, 2.45) is 7.05 Å². The van der Waals surface area contributed by atoms with Crippen molar-refractivity contribution in [3.8, 4) is 0 Å². The van der Waals surface area contributed by atoms with Gasteiger partial charge in [-0.05, 0) is 12.8 Å². The van der Waals surface area contributed by atoms with E-state index < -0.39 is 0 Å². The van der Waals surface area contributed by atoms with E-state index in [1.54, 1.807) is 4.68 Å². The van der Waals surface area contributed by atoms with Gasteiger partial charge in [-0.3, -0.25) is 4.68 Å². The maximum Gasteiger partial charge on any atom is 0.136 e. The second-order valence-electron chi connectivity index (χ2n) is 4.90. The number of nitrogens with one attached hydrogen (secondary N) is 2. The van der Waals surface area contributed by atoms with Crippen LogP contribution in [0.1, 0.15) is 30.1 Å². The van der Waals surface area contributed by atoms with Crippen LogP contribution in [-0.2, 0) is 13.6 Å². The Hall–Kier alpha value is -2.11. The normalized spacial score (nSPS) is 14.4. The van der Waals surface area contributed by atoms with Crippen molar-refractivity contribution in [3.05, 3.63) is 29.8 Å². The molecule has 0 amide bonds. The van der Waals surface area contributed by atoms with Crippen LogP contribution in [0, 0.1) is 0 Å². The molecule has 0 atom stereocenters. The van der Waals surface area contributed by atoms with Crippen molar-refractivity contribution in [3.63, 3.8) is 0 Å². The largest absolute Gasteiger partial charge is 0.373 e. The van der Waals surface area contributed by atoms with Crippen molar-refractivity contribution < 1.29 is 0 Å². The molecule has 2 heterocycles. The van der Waals surface area contributed by atoms with E-state index in [-0.39, 0.29) is 0 Å². The molecule has 2 N–H and O–H groups in total. The van der Waals surface area contributed by atoms with Crippen LogP contribution in [0.5, 0.6) is 0 Å². The molecule has 2 aromatic heterocycles. The molecular weight excluding hydrogens is 240 g/mol. The SMILES string of the molecule is CNc1cc(NCc2cnn(C)c2)nc(C2CC2)n1. The fourth-order valence-electron chi connectivity index (χ4n) is 1.96. The molecule has 0 aliphatic heterocycles. The van der Waals surface area contributed by atoms with Gasteiger partial charge in [0.05, 0.1) is 6.20 Å². The molecule has 0 saturated heterocycles. The molecule has 3 rings (SSSR count). The number of hydrogen-bond donors (Lipinski definition) is 2. The summed E-state index contributed by atoms with van der Waals surface area (Å²) >= 11 is 0. The molecule has 0 aromatic carbocycles. The Kier molecular flexibility index (Phi) is 3.06. The van der Waals surface area contributed by atoms with Crippen molar-refractivity contribution in [1.82, 2.24) is 19.7 Å². The lowest BCUT2D eigenvalue weighted by molar-refractivity contribution is 0.767. The number of aryl methyl sites for hydroxylation is 1. The first-order valence-corrected chi connectivity index (χ1v) is 6.53. The maximum atomic E-state index is 4.58. The highest BCUT2D eigenvalue weighted by Crippen LogP contribution is 2.38. The molecule has 0 radical (unpaired) electrons. The summed E-state index contributed by atoms with van der Waals surface area (Å²) in [6.45, 7) is 0.720. The smallest absolute Gasteiger partial charge is 0.136 e. The van der Waals surface area contributed by atoms with Crippen LogP contribution >= 0.6 is 0 Å². The third-order valence-electron chi connectivity index (χ3n) is 3.17. The van der Waals surface area contributed by atoms with E-state index in [1.165, 1.54) is 12.8 Å². The van der Waals surface area contributed by atoms with Gasteiger partial charge in [-0.1, -0.05) is 0 Å². The van der Waals surface area contributed by atoms with Gasteiger partial charge in [0, 0.05) is 44.4 Å². The van der Waals surface area contributed by atoms with Gasteiger partial charge < -0.3 is 10.6 Å². The molecule has 0 spiro atoms. The Morgan fingerprint density at radius 3 is 2.74 bits per heavy atom. The molecule has 1 fully saturated rings. The van der Waals surface area contributed by atoms with Gasteiger partial charge in [0.2, 0.25) is 0 Å². The molecule has 1 saturated carbocycles. The minimum atomic E-state index is 0.548. The van der Waals surface area contributed by atoms with Crippen molar-refractivity contribution in [2.75, 3.05) is 17.7 Å². The number of anilines is 2. The number of nitrogens with zero attached hydrogens (tertiary/aromatic N) is 4. The third-order valence-corrected chi connectivity index (χ3v) is 3.17. The van der Waals surface area contributed by atoms with E-state index in [4.69, 9.17) is 0 Å². The molecule has 100 valence electrons. The molecule has 19 heavy (non-hydrogen) atoms. The quantitative estimate of drug-likeness (QED) is 0.855. The van der Waals surface area contributed by atoms with Crippen molar-refractivity contribution >= 4 is 11.6 Å². The first kappa shape index (κ1) is 12.0. The average molecular weight is 258 g/mol.